The fraction of sp³-hybridized carbons (Fsp3) is 0.435. The maximum atomic E-state index is 13.0. The van der Waals surface area contributed by atoms with Crippen molar-refractivity contribution >= 4 is 5.91 Å². The summed E-state index contributed by atoms with van der Waals surface area (Å²) in [4.78, 5) is 13.0. The molecule has 1 aromatic carbocycles. The lowest BCUT2D eigenvalue weighted by molar-refractivity contribution is 0.0922. The van der Waals surface area contributed by atoms with Gasteiger partial charge in [0.1, 0.15) is 5.76 Å². The fourth-order valence-corrected chi connectivity index (χ4v) is 4.64. The van der Waals surface area contributed by atoms with Crippen LogP contribution in [0.25, 0.3) is 0 Å². The second kappa shape index (κ2) is 7.50. The summed E-state index contributed by atoms with van der Waals surface area (Å²) in [6, 6.07) is 10.3. The first kappa shape index (κ1) is 18.2. The zero-order valence-electron chi connectivity index (χ0n) is 16.7. The van der Waals surface area contributed by atoms with Crippen molar-refractivity contribution in [2.45, 2.75) is 58.0 Å². The maximum absolute atomic E-state index is 13.0. The third-order valence-corrected chi connectivity index (χ3v) is 6.24. The molecule has 0 saturated carbocycles. The predicted octanol–water partition coefficient (Wildman–Crippen LogP) is 3.85. The number of amides is 1. The Morgan fingerprint density at radius 1 is 1.24 bits per heavy atom. The lowest BCUT2D eigenvalue weighted by atomic mass is 9.88. The number of aromatic nitrogens is 3. The molecule has 2 atom stereocenters. The number of rotatable bonds is 4. The predicted molar refractivity (Wildman–Crippen MR) is 109 cm³/mol. The van der Waals surface area contributed by atoms with Gasteiger partial charge in [-0.05, 0) is 43.6 Å². The molecule has 6 nitrogen and oxygen atoms in total. The largest absolute Gasteiger partial charge is 0.360 e. The van der Waals surface area contributed by atoms with Crippen molar-refractivity contribution in [2.75, 3.05) is 0 Å². The SMILES string of the molecule is CC1CCc2onc(C(=O)NC3CCCc4c3cnn4Cc3ccccc3)c2C1. The van der Waals surface area contributed by atoms with E-state index in [0.717, 1.165) is 62.0 Å². The van der Waals surface area contributed by atoms with Crippen LogP contribution in [0, 0.1) is 5.92 Å². The summed E-state index contributed by atoms with van der Waals surface area (Å²) in [5.74, 6) is 1.32. The van der Waals surface area contributed by atoms with E-state index in [1.54, 1.807) is 0 Å². The van der Waals surface area contributed by atoms with Gasteiger partial charge in [0.2, 0.25) is 0 Å². The van der Waals surface area contributed by atoms with Gasteiger partial charge in [0.15, 0.2) is 5.69 Å². The molecule has 2 heterocycles. The summed E-state index contributed by atoms with van der Waals surface area (Å²) in [7, 11) is 0. The summed E-state index contributed by atoms with van der Waals surface area (Å²) in [6.45, 7) is 2.97. The van der Waals surface area contributed by atoms with Gasteiger partial charge in [-0.1, -0.05) is 42.4 Å². The van der Waals surface area contributed by atoms with Crippen LogP contribution in [0.3, 0.4) is 0 Å². The molecular formula is C23H26N4O2. The Bertz CT molecular complexity index is 1020. The van der Waals surface area contributed by atoms with Crippen molar-refractivity contribution in [3.8, 4) is 0 Å². The van der Waals surface area contributed by atoms with Crippen LogP contribution in [0.2, 0.25) is 0 Å². The molecule has 29 heavy (non-hydrogen) atoms. The van der Waals surface area contributed by atoms with E-state index in [2.05, 4.69) is 39.3 Å². The van der Waals surface area contributed by atoms with Crippen molar-refractivity contribution in [1.82, 2.24) is 20.3 Å². The van der Waals surface area contributed by atoms with E-state index < -0.39 is 0 Å². The zero-order chi connectivity index (χ0) is 19.8. The van der Waals surface area contributed by atoms with E-state index in [0.29, 0.717) is 11.6 Å². The van der Waals surface area contributed by atoms with Crippen LogP contribution in [-0.2, 0) is 25.8 Å². The Hall–Kier alpha value is -2.89. The molecule has 6 heteroatoms. The highest BCUT2D eigenvalue weighted by molar-refractivity contribution is 5.94. The molecule has 0 fully saturated rings. The molecule has 0 saturated heterocycles. The van der Waals surface area contributed by atoms with Gasteiger partial charge in [-0.25, -0.2) is 0 Å². The number of aryl methyl sites for hydroxylation is 1. The topological polar surface area (TPSA) is 73.0 Å². The van der Waals surface area contributed by atoms with Crippen LogP contribution in [0.4, 0.5) is 0 Å². The van der Waals surface area contributed by atoms with E-state index in [4.69, 9.17) is 4.52 Å². The maximum Gasteiger partial charge on any atom is 0.274 e. The minimum absolute atomic E-state index is 0.0239. The number of nitrogens with zero attached hydrogens (tertiary/aromatic N) is 3. The molecular weight excluding hydrogens is 364 g/mol. The quantitative estimate of drug-likeness (QED) is 0.734. The van der Waals surface area contributed by atoms with Gasteiger partial charge in [0, 0.05) is 23.2 Å². The van der Waals surface area contributed by atoms with Crippen molar-refractivity contribution < 1.29 is 9.32 Å². The lowest BCUT2D eigenvalue weighted by Gasteiger charge is -2.24. The van der Waals surface area contributed by atoms with E-state index in [1.807, 2.05) is 24.4 Å². The van der Waals surface area contributed by atoms with Gasteiger partial charge < -0.3 is 9.84 Å². The number of fused-ring (bicyclic) bond motifs is 2. The molecule has 0 bridgehead atoms. The molecule has 1 amide bonds. The van der Waals surface area contributed by atoms with Crippen molar-refractivity contribution in [2.24, 2.45) is 5.92 Å². The summed E-state index contributed by atoms with van der Waals surface area (Å²) < 4.78 is 7.53. The number of hydrogen-bond donors (Lipinski definition) is 1. The van der Waals surface area contributed by atoms with Gasteiger partial charge >= 0.3 is 0 Å². The summed E-state index contributed by atoms with van der Waals surface area (Å²) >= 11 is 0. The highest BCUT2D eigenvalue weighted by Crippen LogP contribution is 2.32. The molecule has 2 aliphatic carbocycles. The second-order valence-corrected chi connectivity index (χ2v) is 8.39. The third-order valence-electron chi connectivity index (χ3n) is 6.24. The number of hydrogen-bond acceptors (Lipinski definition) is 4. The smallest absolute Gasteiger partial charge is 0.274 e. The molecule has 0 spiro atoms. The number of carbonyl (C=O) groups is 1. The molecule has 0 aliphatic heterocycles. The molecule has 150 valence electrons. The summed E-state index contributed by atoms with van der Waals surface area (Å²) in [5.41, 5.74) is 5.05. The standard InChI is InChI=1S/C23H26N4O2/c1-15-10-11-21-17(12-15)22(26-29-21)23(28)25-19-8-5-9-20-18(19)13-24-27(20)14-16-6-3-2-4-7-16/h2-4,6-7,13,15,19H,5,8-12,14H2,1H3,(H,25,28). The molecule has 2 aliphatic rings. The number of carbonyl (C=O) groups excluding carboxylic acids is 1. The van der Waals surface area contributed by atoms with Crippen LogP contribution < -0.4 is 5.32 Å². The van der Waals surface area contributed by atoms with E-state index in [-0.39, 0.29) is 11.9 Å². The van der Waals surface area contributed by atoms with E-state index >= 15 is 0 Å². The van der Waals surface area contributed by atoms with E-state index in [9.17, 15) is 4.79 Å². The van der Waals surface area contributed by atoms with Crippen LogP contribution >= 0.6 is 0 Å². The van der Waals surface area contributed by atoms with Crippen LogP contribution in [0.15, 0.2) is 41.1 Å². The molecule has 5 rings (SSSR count). The molecule has 3 aromatic rings. The van der Waals surface area contributed by atoms with Crippen LogP contribution in [-0.4, -0.2) is 20.8 Å². The first-order valence-electron chi connectivity index (χ1n) is 10.6. The Labute approximate surface area is 170 Å². The molecule has 0 radical (unpaired) electrons. The van der Waals surface area contributed by atoms with Crippen LogP contribution in [0.5, 0.6) is 0 Å². The molecule has 1 N–H and O–H groups in total. The minimum atomic E-state index is -0.127. The Balaban J connectivity index is 1.35. The first-order valence-corrected chi connectivity index (χ1v) is 10.6. The number of benzene rings is 1. The molecule has 2 aromatic heterocycles. The average Bonchev–Trinajstić information content (AvgIpc) is 3.33. The fourth-order valence-electron chi connectivity index (χ4n) is 4.64. The van der Waals surface area contributed by atoms with E-state index in [1.165, 1.54) is 11.3 Å². The normalized spacial score (nSPS) is 20.7. The Kier molecular flexibility index (Phi) is 4.70. The van der Waals surface area contributed by atoms with Crippen molar-refractivity contribution in [3.05, 3.63) is 70.4 Å². The van der Waals surface area contributed by atoms with Gasteiger partial charge in [-0.15, -0.1) is 0 Å². The third kappa shape index (κ3) is 3.48. The van der Waals surface area contributed by atoms with Gasteiger partial charge in [-0.2, -0.15) is 5.10 Å². The highest BCUT2D eigenvalue weighted by atomic mass is 16.5. The Morgan fingerprint density at radius 2 is 2.10 bits per heavy atom. The second-order valence-electron chi connectivity index (χ2n) is 8.39. The number of nitrogens with one attached hydrogen (secondary N) is 1. The Morgan fingerprint density at radius 3 is 2.97 bits per heavy atom. The monoisotopic (exact) mass is 390 g/mol. The van der Waals surface area contributed by atoms with Gasteiger partial charge in [0.05, 0.1) is 18.8 Å². The molecule has 2 unspecified atom stereocenters. The highest BCUT2D eigenvalue weighted by Gasteiger charge is 2.30. The minimum Gasteiger partial charge on any atom is -0.360 e. The zero-order valence-corrected chi connectivity index (χ0v) is 16.7. The van der Waals surface area contributed by atoms with Gasteiger partial charge in [0.25, 0.3) is 5.91 Å². The van der Waals surface area contributed by atoms with Gasteiger partial charge in [-0.3, -0.25) is 9.48 Å². The summed E-state index contributed by atoms with van der Waals surface area (Å²) in [6.07, 6.45) is 7.70. The van der Waals surface area contributed by atoms with Crippen LogP contribution in [0.1, 0.15) is 70.9 Å². The lowest BCUT2D eigenvalue weighted by Crippen LogP contribution is -2.32. The first-order chi connectivity index (χ1) is 14.2. The van der Waals surface area contributed by atoms with Crippen molar-refractivity contribution in [1.29, 1.82) is 0 Å². The average molecular weight is 390 g/mol. The summed E-state index contributed by atoms with van der Waals surface area (Å²) in [5, 5.41) is 11.9. The van der Waals surface area contributed by atoms with Crippen molar-refractivity contribution in [3.63, 3.8) is 0 Å².